The van der Waals surface area contributed by atoms with Crippen LogP contribution < -0.4 is 0 Å². The summed E-state index contributed by atoms with van der Waals surface area (Å²) in [5.41, 5.74) is 0.824. The van der Waals surface area contributed by atoms with E-state index in [1.165, 1.54) is 0 Å². The summed E-state index contributed by atoms with van der Waals surface area (Å²) in [6.45, 7) is 0. The Morgan fingerprint density at radius 2 is 2.21 bits per heavy atom. The van der Waals surface area contributed by atoms with Gasteiger partial charge in [-0.05, 0) is 34.8 Å². The first-order chi connectivity index (χ1) is 9.09. The number of hydrogen-bond acceptors (Lipinski definition) is 3. The Hall–Kier alpha value is -1.43. The fourth-order valence-corrected chi connectivity index (χ4v) is 3.18. The lowest BCUT2D eigenvalue weighted by Crippen LogP contribution is -2.30. The molecule has 0 amide bonds. The Morgan fingerprint density at radius 3 is 2.89 bits per heavy atom. The van der Waals surface area contributed by atoms with E-state index in [9.17, 15) is 9.90 Å². The molecule has 100 valence electrons. The standard InChI is InChI=1S/C13H14BrN3O2/c14-8-5-9-11(15-7-8)17-10(16-9)6-13(12(18)19)3-1-2-4-13/h5,7H,1-4,6H2,(H,18,19)(H,15,16,17). The maximum atomic E-state index is 11.5. The van der Waals surface area contributed by atoms with Gasteiger partial charge in [0.25, 0.3) is 0 Å². The second-order valence-electron chi connectivity index (χ2n) is 5.18. The molecule has 0 aliphatic heterocycles. The molecule has 0 saturated heterocycles. The van der Waals surface area contributed by atoms with E-state index in [2.05, 4.69) is 30.9 Å². The van der Waals surface area contributed by atoms with Gasteiger partial charge in [-0.15, -0.1) is 0 Å². The third-order valence-electron chi connectivity index (χ3n) is 3.87. The summed E-state index contributed by atoms with van der Waals surface area (Å²) < 4.78 is 0.879. The van der Waals surface area contributed by atoms with E-state index in [1.54, 1.807) is 6.20 Å². The molecule has 0 bridgehead atoms. The highest BCUT2D eigenvalue weighted by Gasteiger charge is 2.42. The fraction of sp³-hybridized carbons (Fsp3) is 0.462. The molecule has 2 aromatic rings. The van der Waals surface area contributed by atoms with Crippen molar-refractivity contribution in [2.45, 2.75) is 32.1 Å². The number of aromatic amines is 1. The smallest absolute Gasteiger partial charge is 0.310 e. The molecule has 1 aliphatic rings. The van der Waals surface area contributed by atoms with Gasteiger partial charge in [0.1, 0.15) is 5.82 Å². The first-order valence-electron chi connectivity index (χ1n) is 6.33. The minimum absolute atomic E-state index is 0.455. The number of nitrogens with zero attached hydrogens (tertiary/aromatic N) is 2. The number of carboxylic acid groups (broad SMARTS) is 1. The molecular formula is C13H14BrN3O2. The van der Waals surface area contributed by atoms with Crippen LogP contribution in [0.1, 0.15) is 31.5 Å². The monoisotopic (exact) mass is 323 g/mol. The Bertz CT molecular complexity index is 632. The number of carbonyl (C=O) groups is 1. The van der Waals surface area contributed by atoms with Crippen molar-refractivity contribution in [2.75, 3.05) is 0 Å². The molecule has 2 heterocycles. The molecule has 0 radical (unpaired) electrons. The van der Waals surface area contributed by atoms with Crippen LogP contribution >= 0.6 is 15.9 Å². The van der Waals surface area contributed by atoms with E-state index in [0.717, 1.165) is 35.7 Å². The number of fused-ring (bicyclic) bond motifs is 1. The molecule has 0 spiro atoms. The highest BCUT2D eigenvalue weighted by atomic mass is 79.9. The van der Waals surface area contributed by atoms with Gasteiger partial charge < -0.3 is 10.1 Å². The van der Waals surface area contributed by atoms with E-state index < -0.39 is 11.4 Å². The molecule has 0 atom stereocenters. The van der Waals surface area contributed by atoms with Crippen molar-refractivity contribution in [3.8, 4) is 0 Å². The third-order valence-corrected chi connectivity index (χ3v) is 4.31. The van der Waals surface area contributed by atoms with Crippen molar-refractivity contribution in [3.63, 3.8) is 0 Å². The summed E-state index contributed by atoms with van der Waals surface area (Å²) in [7, 11) is 0. The summed E-state index contributed by atoms with van der Waals surface area (Å²) in [6.07, 6.45) is 5.57. The van der Waals surface area contributed by atoms with Crippen molar-refractivity contribution in [3.05, 3.63) is 22.6 Å². The summed E-state index contributed by atoms with van der Waals surface area (Å²) >= 11 is 3.36. The predicted octanol–water partition coefficient (Wildman–Crippen LogP) is 2.91. The van der Waals surface area contributed by atoms with Gasteiger partial charge in [0.15, 0.2) is 5.65 Å². The molecular weight excluding hydrogens is 310 g/mol. The van der Waals surface area contributed by atoms with Crippen LogP contribution in [0.2, 0.25) is 0 Å². The van der Waals surface area contributed by atoms with E-state index in [-0.39, 0.29) is 0 Å². The van der Waals surface area contributed by atoms with Gasteiger partial charge in [-0.3, -0.25) is 4.79 Å². The number of aromatic nitrogens is 3. The Kier molecular flexibility index (Phi) is 3.05. The maximum Gasteiger partial charge on any atom is 0.310 e. The van der Waals surface area contributed by atoms with Gasteiger partial charge >= 0.3 is 5.97 Å². The fourth-order valence-electron chi connectivity index (χ4n) is 2.85. The van der Waals surface area contributed by atoms with Gasteiger partial charge in [0, 0.05) is 17.1 Å². The number of H-pyrrole nitrogens is 1. The van der Waals surface area contributed by atoms with Gasteiger partial charge in [0.05, 0.1) is 10.9 Å². The van der Waals surface area contributed by atoms with Crippen LogP contribution in [-0.2, 0) is 11.2 Å². The molecule has 2 aromatic heterocycles. The molecule has 1 saturated carbocycles. The molecule has 2 N–H and O–H groups in total. The van der Waals surface area contributed by atoms with Crippen molar-refractivity contribution in [2.24, 2.45) is 5.41 Å². The zero-order valence-electron chi connectivity index (χ0n) is 10.3. The Labute approximate surface area is 118 Å². The van der Waals surface area contributed by atoms with Crippen molar-refractivity contribution in [1.29, 1.82) is 0 Å². The number of carboxylic acids is 1. The lowest BCUT2D eigenvalue weighted by atomic mass is 9.82. The second-order valence-corrected chi connectivity index (χ2v) is 6.09. The van der Waals surface area contributed by atoms with Crippen LogP contribution in [0, 0.1) is 5.41 Å². The number of pyridine rings is 1. The predicted molar refractivity (Wildman–Crippen MR) is 73.8 cm³/mol. The molecule has 5 nitrogen and oxygen atoms in total. The molecule has 3 rings (SSSR count). The molecule has 1 aliphatic carbocycles. The Morgan fingerprint density at radius 1 is 1.47 bits per heavy atom. The van der Waals surface area contributed by atoms with Crippen LogP contribution in [0.3, 0.4) is 0 Å². The van der Waals surface area contributed by atoms with Gasteiger partial charge in [-0.1, -0.05) is 12.8 Å². The van der Waals surface area contributed by atoms with Crippen LogP contribution in [0.15, 0.2) is 16.7 Å². The number of aliphatic carboxylic acids is 1. The number of rotatable bonds is 3. The molecule has 0 aromatic carbocycles. The highest BCUT2D eigenvalue weighted by molar-refractivity contribution is 9.10. The number of nitrogens with one attached hydrogen (secondary N) is 1. The largest absolute Gasteiger partial charge is 0.481 e. The van der Waals surface area contributed by atoms with Crippen LogP contribution in [0.25, 0.3) is 11.2 Å². The minimum atomic E-state index is -0.709. The average molecular weight is 324 g/mol. The number of imidazole rings is 1. The number of hydrogen-bond donors (Lipinski definition) is 2. The topological polar surface area (TPSA) is 78.9 Å². The van der Waals surface area contributed by atoms with Crippen LogP contribution in [0.5, 0.6) is 0 Å². The average Bonchev–Trinajstić information content (AvgIpc) is 2.96. The van der Waals surface area contributed by atoms with E-state index in [4.69, 9.17) is 0 Å². The highest BCUT2D eigenvalue weighted by Crippen LogP contribution is 2.40. The summed E-state index contributed by atoms with van der Waals surface area (Å²) in [5.74, 6) is 0.00416. The van der Waals surface area contributed by atoms with Crippen molar-refractivity contribution < 1.29 is 9.90 Å². The van der Waals surface area contributed by atoms with Crippen molar-refractivity contribution >= 4 is 33.1 Å². The van der Waals surface area contributed by atoms with Gasteiger partial charge in [0.2, 0.25) is 0 Å². The summed E-state index contributed by atoms with van der Waals surface area (Å²) in [5, 5.41) is 9.48. The first-order valence-corrected chi connectivity index (χ1v) is 7.12. The summed E-state index contributed by atoms with van der Waals surface area (Å²) in [6, 6.07) is 1.90. The zero-order valence-corrected chi connectivity index (χ0v) is 11.9. The van der Waals surface area contributed by atoms with Crippen LogP contribution in [0.4, 0.5) is 0 Å². The normalized spacial score (nSPS) is 17.9. The molecule has 1 fully saturated rings. The molecule has 19 heavy (non-hydrogen) atoms. The lowest BCUT2D eigenvalue weighted by Gasteiger charge is -2.22. The molecule has 0 unspecified atom stereocenters. The van der Waals surface area contributed by atoms with Gasteiger partial charge in [-0.2, -0.15) is 0 Å². The number of halogens is 1. The van der Waals surface area contributed by atoms with Crippen LogP contribution in [-0.4, -0.2) is 26.0 Å². The van der Waals surface area contributed by atoms with Crippen molar-refractivity contribution in [1.82, 2.24) is 15.0 Å². The van der Waals surface area contributed by atoms with E-state index in [0.29, 0.717) is 17.9 Å². The lowest BCUT2D eigenvalue weighted by molar-refractivity contribution is -0.148. The van der Waals surface area contributed by atoms with E-state index >= 15 is 0 Å². The molecule has 6 heteroatoms. The summed E-state index contributed by atoms with van der Waals surface area (Å²) in [4.78, 5) is 23.3. The zero-order chi connectivity index (χ0) is 13.5. The first kappa shape index (κ1) is 12.6. The van der Waals surface area contributed by atoms with Gasteiger partial charge in [-0.25, -0.2) is 9.97 Å². The van der Waals surface area contributed by atoms with E-state index in [1.807, 2.05) is 6.07 Å². The quantitative estimate of drug-likeness (QED) is 0.910. The third kappa shape index (κ3) is 2.25. The Balaban J connectivity index is 1.94. The maximum absolute atomic E-state index is 11.5. The second kappa shape index (κ2) is 4.59. The minimum Gasteiger partial charge on any atom is -0.481 e. The SMILES string of the molecule is O=C(O)C1(Cc2nc3ncc(Br)cc3[nH]2)CCCC1.